The summed E-state index contributed by atoms with van der Waals surface area (Å²) in [5, 5.41) is 7.50. The Hall–Kier alpha value is -5.40. The number of hydrogen-bond donors (Lipinski definition) is 0. The zero-order chi connectivity index (χ0) is 28.3. The van der Waals surface area contributed by atoms with E-state index in [0.717, 1.165) is 17.9 Å². The van der Waals surface area contributed by atoms with Crippen LogP contribution in [0.3, 0.4) is 0 Å². The molecule has 0 saturated heterocycles. The molecule has 0 amide bonds. The summed E-state index contributed by atoms with van der Waals surface area (Å²) in [4.78, 5) is 0. The molecule has 202 valence electrons. The molecule has 1 heteroatoms. The van der Waals surface area contributed by atoms with E-state index in [2.05, 4.69) is 152 Å². The number of hydrogen-bond acceptors (Lipinski definition) is 1. The average molecular weight is 549 g/mol. The van der Waals surface area contributed by atoms with Crippen molar-refractivity contribution in [2.24, 2.45) is 0 Å². The number of fused-ring (bicyclic) bond motifs is 6. The molecule has 0 spiro atoms. The Morgan fingerprint density at radius 2 is 1.02 bits per heavy atom. The summed E-state index contributed by atoms with van der Waals surface area (Å²) in [6.07, 6.45) is 5.57. The van der Waals surface area contributed by atoms with E-state index in [4.69, 9.17) is 4.74 Å². The van der Waals surface area contributed by atoms with E-state index in [-0.39, 0.29) is 5.92 Å². The summed E-state index contributed by atoms with van der Waals surface area (Å²) < 4.78 is 6.78. The molecule has 43 heavy (non-hydrogen) atoms. The van der Waals surface area contributed by atoms with Crippen molar-refractivity contribution in [3.63, 3.8) is 0 Å². The molecular formula is C42H28O. The van der Waals surface area contributed by atoms with Gasteiger partial charge in [-0.1, -0.05) is 140 Å². The topological polar surface area (TPSA) is 9.23 Å². The first-order valence-electron chi connectivity index (χ1n) is 15.0. The standard InChI is InChI=1S/C42H28O/c1-2-11-27(12-3-1)28-21-23-29(24-22-28)40-32-15-6-8-17-34(32)41(35-18-9-7-16-33(35)40)37-20-10-19-36-38-25-30-13-4-5-14-31(30)26-39(38)43-42(36)37/h1-18,20-26,36H,19H2. The van der Waals surface area contributed by atoms with E-state index in [1.165, 1.54) is 71.3 Å². The van der Waals surface area contributed by atoms with Gasteiger partial charge in [0.1, 0.15) is 11.5 Å². The highest BCUT2D eigenvalue weighted by molar-refractivity contribution is 6.19. The second-order valence-corrected chi connectivity index (χ2v) is 11.6. The first-order valence-corrected chi connectivity index (χ1v) is 15.0. The summed E-state index contributed by atoms with van der Waals surface area (Å²) in [6, 6.07) is 50.5. The van der Waals surface area contributed by atoms with Crippen LogP contribution in [-0.4, -0.2) is 0 Å². The molecule has 1 aliphatic carbocycles. The first kappa shape index (κ1) is 24.2. The predicted octanol–water partition coefficient (Wildman–Crippen LogP) is 11.3. The Kier molecular flexibility index (Phi) is 5.39. The van der Waals surface area contributed by atoms with Gasteiger partial charge in [-0.3, -0.25) is 0 Å². The third kappa shape index (κ3) is 3.78. The van der Waals surface area contributed by atoms with Crippen LogP contribution in [0, 0.1) is 0 Å². The van der Waals surface area contributed by atoms with E-state index in [1.807, 2.05) is 0 Å². The van der Waals surface area contributed by atoms with Crippen LogP contribution >= 0.6 is 0 Å². The van der Waals surface area contributed by atoms with Crippen molar-refractivity contribution in [3.8, 4) is 28.0 Å². The maximum absolute atomic E-state index is 6.78. The van der Waals surface area contributed by atoms with Gasteiger partial charge in [0.15, 0.2) is 0 Å². The molecule has 0 saturated carbocycles. The summed E-state index contributed by atoms with van der Waals surface area (Å²) in [5.41, 5.74) is 8.70. The average Bonchev–Trinajstić information content (AvgIpc) is 3.44. The molecule has 0 radical (unpaired) electrons. The molecule has 1 unspecified atom stereocenters. The lowest BCUT2D eigenvalue weighted by molar-refractivity contribution is 0.429. The lowest BCUT2D eigenvalue weighted by Crippen LogP contribution is -2.06. The molecule has 7 aromatic rings. The fraction of sp³-hybridized carbons (Fsp3) is 0.0476. The van der Waals surface area contributed by atoms with Crippen LogP contribution in [0.25, 0.3) is 60.1 Å². The van der Waals surface area contributed by atoms with E-state index < -0.39 is 0 Å². The van der Waals surface area contributed by atoms with Gasteiger partial charge in [0.25, 0.3) is 0 Å². The van der Waals surface area contributed by atoms with Crippen molar-refractivity contribution in [1.29, 1.82) is 0 Å². The predicted molar refractivity (Wildman–Crippen MR) is 180 cm³/mol. The quantitative estimate of drug-likeness (QED) is 0.200. The normalized spacial score (nSPS) is 15.6. The minimum Gasteiger partial charge on any atom is -0.460 e. The van der Waals surface area contributed by atoms with Gasteiger partial charge < -0.3 is 4.74 Å². The minimum absolute atomic E-state index is 0.224. The third-order valence-electron chi connectivity index (χ3n) is 9.19. The second kappa shape index (κ2) is 9.58. The van der Waals surface area contributed by atoms with Crippen LogP contribution in [0.1, 0.15) is 23.5 Å². The Morgan fingerprint density at radius 1 is 0.488 bits per heavy atom. The lowest BCUT2D eigenvalue weighted by Gasteiger charge is -2.22. The molecule has 2 aliphatic rings. The maximum atomic E-state index is 6.78. The van der Waals surface area contributed by atoms with Gasteiger partial charge in [0.05, 0.1) is 0 Å². The van der Waals surface area contributed by atoms with Gasteiger partial charge in [-0.15, -0.1) is 0 Å². The van der Waals surface area contributed by atoms with Gasteiger partial charge in [-0.05, 0) is 73.1 Å². The fourth-order valence-corrected chi connectivity index (χ4v) is 7.21. The summed E-state index contributed by atoms with van der Waals surface area (Å²) >= 11 is 0. The molecule has 7 aromatic carbocycles. The molecular weight excluding hydrogens is 520 g/mol. The fourth-order valence-electron chi connectivity index (χ4n) is 7.21. The zero-order valence-electron chi connectivity index (χ0n) is 23.6. The molecule has 1 atom stereocenters. The van der Waals surface area contributed by atoms with Crippen molar-refractivity contribution in [1.82, 2.24) is 0 Å². The molecule has 1 nitrogen and oxygen atoms in total. The minimum atomic E-state index is 0.224. The molecule has 0 N–H and O–H groups in total. The smallest absolute Gasteiger partial charge is 0.131 e. The molecule has 0 bridgehead atoms. The molecule has 1 aliphatic heterocycles. The maximum Gasteiger partial charge on any atom is 0.131 e. The van der Waals surface area contributed by atoms with Crippen molar-refractivity contribution in [3.05, 3.63) is 169 Å². The Morgan fingerprint density at radius 3 is 1.70 bits per heavy atom. The van der Waals surface area contributed by atoms with Crippen molar-refractivity contribution >= 4 is 37.9 Å². The van der Waals surface area contributed by atoms with Gasteiger partial charge in [-0.25, -0.2) is 0 Å². The van der Waals surface area contributed by atoms with Crippen LogP contribution in [-0.2, 0) is 0 Å². The van der Waals surface area contributed by atoms with E-state index in [0.29, 0.717) is 0 Å². The monoisotopic (exact) mass is 548 g/mol. The summed E-state index contributed by atoms with van der Waals surface area (Å²) in [6.45, 7) is 0. The van der Waals surface area contributed by atoms with Crippen LogP contribution < -0.4 is 4.74 Å². The second-order valence-electron chi connectivity index (χ2n) is 11.6. The van der Waals surface area contributed by atoms with E-state index in [1.54, 1.807) is 0 Å². The molecule has 9 rings (SSSR count). The van der Waals surface area contributed by atoms with Gasteiger partial charge in [-0.2, -0.15) is 0 Å². The highest BCUT2D eigenvalue weighted by Gasteiger charge is 2.34. The molecule has 0 aromatic heterocycles. The van der Waals surface area contributed by atoms with Crippen LogP contribution in [0.4, 0.5) is 0 Å². The number of benzene rings is 7. The highest BCUT2D eigenvalue weighted by atomic mass is 16.5. The van der Waals surface area contributed by atoms with Crippen molar-refractivity contribution in [2.75, 3.05) is 0 Å². The van der Waals surface area contributed by atoms with Crippen molar-refractivity contribution in [2.45, 2.75) is 12.3 Å². The van der Waals surface area contributed by atoms with Gasteiger partial charge >= 0.3 is 0 Å². The Balaban J connectivity index is 1.27. The van der Waals surface area contributed by atoms with Gasteiger partial charge in [0, 0.05) is 22.6 Å². The SMILES string of the molecule is C1=CC(c2c3ccccc3c(-c3ccc(-c4ccccc4)cc3)c3ccccc23)=C2Oc3cc4ccccc4cc3C2C1. The molecule has 0 fully saturated rings. The summed E-state index contributed by atoms with van der Waals surface area (Å²) in [7, 11) is 0. The number of rotatable bonds is 3. The Bertz CT molecular complexity index is 2210. The van der Waals surface area contributed by atoms with Crippen molar-refractivity contribution < 1.29 is 4.74 Å². The lowest BCUT2D eigenvalue weighted by atomic mass is 9.81. The number of allylic oxidation sites excluding steroid dienone is 4. The van der Waals surface area contributed by atoms with Crippen LogP contribution in [0.15, 0.2) is 157 Å². The zero-order valence-corrected chi connectivity index (χ0v) is 23.6. The third-order valence-corrected chi connectivity index (χ3v) is 9.19. The summed E-state index contributed by atoms with van der Waals surface area (Å²) in [5.74, 6) is 2.29. The Labute approximate surface area is 251 Å². The van der Waals surface area contributed by atoms with E-state index >= 15 is 0 Å². The number of ether oxygens (including phenoxy) is 1. The molecule has 1 heterocycles. The van der Waals surface area contributed by atoms with E-state index in [9.17, 15) is 0 Å². The highest BCUT2D eigenvalue weighted by Crippen LogP contribution is 2.51. The van der Waals surface area contributed by atoms with Gasteiger partial charge in [0.2, 0.25) is 0 Å². The largest absolute Gasteiger partial charge is 0.460 e. The van der Waals surface area contributed by atoms with Crippen LogP contribution in [0.5, 0.6) is 5.75 Å². The van der Waals surface area contributed by atoms with Crippen LogP contribution in [0.2, 0.25) is 0 Å². The first-order chi connectivity index (χ1) is 21.3.